The van der Waals surface area contributed by atoms with Crippen LogP contribution >= 0.6 is 27.3 Å². The highest BCUT2D eigenvalue weighted by molar-refractivity contribution is 9.10. The van der Waals surface area contributed by atoms with Crippen molar-refractivity contribution >= 4 is 38.2 Å². The molecule has 0 atom stereocenters. The molecule has 3 rings (SSSR count). The quantitative estimate of drug-likeness (QED) is 0.836. The highest BCUT2D eigenvalue weighted by atomic mass is 79.9. The summed E-state index contributed by atoms with van der Waals surface area (Å²) in [5.41, 5.74) is 1.61. The van der Waals surface area contributed by atoms with Crippen LogP contribution in [0.2, 0.25) is 0 Å². The molecule has 1 aliphatic rings. The van der Waals surface area contributed by atoms with Gasteiger partial charge in [0, 0.05) is 16.0 Å². The number of aromatic carboxylic acids is 1. The van der Waals surface area contributed by atoms with E-state index in [1.165, 1.54) is 10.6 Å². The van der Waals surface area contributed by atoms with E-state index in [2.05, 4.69) is 48.6 Å². The number of aromatic nitrogens is 2. The van der Waals surface area contributed by atoms with Gasteiger partial charge in [0.25, 0.3) is 0 Å². The normalized spacial score (nSPS) is 20.1. The lowest BCUT2D eigenvalue weighted by Gasteiger charge is -2.40. The summed E-state index contributed by atoms with van der Waals surface area (Å²) >= 11 is 5.03. The van der Waals surface area contributed by atoms with E-state index >= 15 is 0 Å². The zero-order chi connectivity index (χ0) is 14.9. The third-order valence-electron chi connectivity index (χ3n) is 3.90. The van der Waals surface area contributed by atoms with Crippen LogP contribution in [0.1, 0.15) is 55.2 Å². The number of hydrogen-bond donors (Lipinski definition) is 1. The van der Waals surface area contributed by atoms with E-state index in [4.69, 9.17) is 0 Å². The Balaban J connectivity index is 2.31. The summed E-state index contributed by atoms with van der Waals surface area (Å²) < 4.78 is 2.54. The van der Waals surface area contributed by atoms with Gasteiger partial charge in [0.2, 0.25) is 0 Å². The minimum absolute atomic E-state index is 0.0974. The van der Waals surface area contributed by atoms with Gasteiger partial charge in [0.1, 0.15) is 4.60 Å². The van der Waals surface area contributed by atoms with Gasteiger partial charge in [-0.2, -0.15) is 0 Å². The lowest BCUT2D eigenvalue weighted by atomic mass is 9.67. The molecule has 0 aliphatic heterocycles. The highest BCUT2D eigenvalue weighted by Crippen LogP contribution is 2.49. The molecule has 0 aromatic carbocycles. The zero-order valence-corrected chi connectivity index (χ0v) is 14.4. The van der Waals surface area contributed by atoms with Crippen LogP contribution in [-0.2, 0) is 11.8 Å². The van der Waals surface area contributed by atoms with E-state index in [-0.39, 0.29) is 16.5 Å². The molecule has 108 valence electrons. The van der Waals surface area contributed by atoms with Gasteiger partial charge in [-0.3, -0.25) is 4.40 Å². The molecular weight excluding hydrogens is 340 g/mol. The topological polar surface area (TPSA) is 54.6 Å². The molecule has 2 aromatic rings. The fourth-order valence-electron chi connectivity index (χ4n) is 3.55. The van der Waals surface area contributed by atoms with Crippen LogP contribution in [0.25, 0.3) is 4.96 Å². The lowest BCUT2D eigenvalue weighted by molar-refractivity contribution is 0.0690. The smallest absolute Gasteiger partial charge is 0.357 e. The van der Waals surface area contributed by atoms with Gasteiger partial charge < -0.3 is 5.11 Å². The molecule has 6 heteroatoms. The molecule has 0 radical (unpaired) electrons. The molecule has 20 heavy (non-hydrogen) atoms. The second kappa shape index (κ2) is 4.07. The maximum Gasteiger partial charge on any atom is 0.357 e. The SMILES string of the molecule is CC1(C)Cc2c(sc3nc(C(=O)O)c(Br)n23)C(C)(C)C1. The van der Waals surface area contributed by atoms with Crippen molar-refractivity contribution in [2.24, 2.45) is 5.41 Å². The van der Waals surface area contributed by atoms with Crippen LogP contribution < -0.4 is 0 Å². The van der Waals surface area contributed by atoms with Gasteiger partial charge in [0.15, 0.2) is 10.7 Å². The molecular formula is C14H17BrN2O2S. The molecule has 2 heterocycles. The van der Waals surface area contributed by atoms with Crippen molar-refractivity contribution in [1.82, 2.24) is 9.38 Å². The van der Waals surface area contributed by atoms with Crippen LogP contribution in [0, 0.1) is 5.41 Å². The predicted molar refractivity (Wildman–Crippen MR) is 82.9 cm³/mol. The summed E-state index contributed by atoms with van der Waals surface area (Å²) in [6.45, 7) is 9.05. The summed E-state index contributed by atoms with van der Waals surface area (Å²) in [7, 11) is 0. The van der Waals surface area contributed by atoms with E-state index in [1.807, 2.05) is 4.40 Å². The maximum atomic E-state index is 11.2. The molecule has 0 saturated heterocycles. The Morgan fingerprint density at radius 3 is 2.65 bits per heavy atom. The van der Waals surface area contributed by atoms with Gasteiger partial charge in [0.05, 0.1) is 0 Å². The third-order valence-corrected chi connectivity index (χ3v) is 6.08. The molecule has 0 saturated carbocycles. The summed E-state index contributed by atoms with van der Waals surface area (Å²) in [4.78, 5) is 17.6. The minimum Gasteiger partial charge on any atom is -0.476 e. The average molecular weight is 357 g/mol. The number of carboxylic acids is 1. The number of rotatable bonds is 1. The number of hydrogen-bond acceptors (Lipinski definition) is 3. The fraction of sp³-hybridized carbons (Fsp3) is 0.571. The molecule has 1 aliphatic carbocycles. The number of fused-ring (bicyclic) bond motifs is 3. The summed E-state index contributed by atoms with van der Waals surface area (Å²) in [6.07, 6.45) is 2.07. The molecule has 2 aromatic heterocycles. The number of thiazole rings is 1. The Bertz CT molecular complexity index is 727. The van der Waals surface area contributed by atoms with Gasteiger partial charge in [-0.25, -0.2) is 9.78 Å². The number of imidazole rings is 1. The van der Waals surface area contributed by atoms with Crippen molar-refractivity contribution in [3.8, 4) is 0 Å². The molecule has 0 spiro atoms. The molecule has 0 amide bonds. The second-order valence-corrected chi connectivity index (χ2v) is 8.68. The van der Waals surface area contributed by atoms with Gasteiger partial charge in [-0.1, -0.05) is 27.7 Å². The summed E-state index contributed by atoms with van der Waals surface area (Å²) in [5, 5.41) is 9.19. The van der Waals surface area contributed by atoms with Crippen LogP contribution in [0.15, 0.2) is 4.60 Å². The number of halogens is 1. The van der Waals surface area contributed by atoms with Crippen molar-refractivity contribution in [1.29, 1.82) is 0 Å². The van der Waals surface area contributed by atoms with Crippen LogP contribution in [0.4, 0.5) is 0 Å². The van der Waals surface area contributed by atoms with Crippen LogP contribution in [0.5, 0.6) is 0 Å². The zero-order valence-electron chi connectivity index (χ0n) is 12.0. The summed E-state index contributed by atoms with van der Waals surface area (Å²) in [6, 6.07) is 0. The monoisotopic (exact) mass is 356 g/mol. The predicted octanol–water partition coefficient (Wildman–Crippen LogP) is 4.11. The number of carbonyl (C=O) groups is 1. The second-order valence-electron chi connectivity index (χ2n) is 6.95. The molecule has 0 bridgehead atoms. The Morgan fingerprint density at radius 2 is 2.05 bits per heavy atom. The van der Waals surface area contributed by atoms with Crippen molar-refractivity contribution < 1.29 is 9.90 Å². The van der Waals surface area contributed by atoms with Gasteiger partial charge >= 0.3 is 5.97 Å². The molecule has 0 unspecified atom stereocenters. The molecule has 4 nitrogen and oxygen atoms in total. The number of nitrogens with zero attached hydrogens (tertiary/aromatic N) is 2. The van der Waals surface area contributed by atoms with E-state index in [1.54, 1.807) is 11.3 Å². The summed E-state index contributed by atoms with van der Waals surface area (Å²) in [5.74, 6) is -0.990. The Hall–Kier alpha value is -0.880. The van der Waals surface area contributed by atoms with Gasteiger partial charge in [-0.15, -0.1) is 11.3 Å². The lowest BCUT2D eigenvalue weighted by Crippen LogP contribution is -2.34. The Kier molecular flexibility index (Phi) is 2.86. The largest absolute Gasteiger partial charge is 0.476 e. The Morgan fingerprint density at radius 1 is 1.40 bits per heavy atom. The number of carboxylic acid groups (broad SMARTS) is 1. The van der Waals surface area contributed by atoms with E-state index in [9.17, 15) is 9.90 Å². The van der Waals surface area contributed by atoms with Crippen molar-refractivity contribution in [3.63, 3.8) is 0 Å². The third kappa shape index (κ3) is 1.92. The van der Waals surface area contributed by atoms with Crippen molar-refractivity contribution in [3.05, 3.63) is 20.9 Å². The first-order chi connectivity index (χ1) is 9.12. The van der Waals surface area contributed by atoms with Crippen LogP contribution in [0.3, 0.4) is 0 Å². The fourth-order valence-corrected chi connectivity index (χ4v) is 5.55. The van der Waals surface area contributed by atoms with E-state index in [0.717, 1.165) is 17.8 Å². The molecule has 0 fully saturated rings. The van der Waals surface area contributed by atoms with Crippen LogP contribution in [-0.4, -0.2) is 20.5 Å². The maximum absolute atomic E-state index is 11.2. The van der Waals surface area contributed by atoms with Crippen molar-refractivity contribution in [2.75, 3.05) is 0 Å². The van der Waals surface area contributed by atoms with Gasteiger partial charge in [-0.05, 0) is 34.2 Å². The highest BCUT2D eigenvalue weighted by Gasteiger charge is 2.41. The first-order valence-corrected chi connectivity index (χ1v) is 8.17. The average Bonchev–Trinajstić information content (AvgIpc) is 2.75. The standard InChI is InChI=1S/C14H17BrN2O2S/c1-13(2)5-7-9(14(3,4)6-13)20-12-16-8(11(18)19)10(15)17(7)12/h5-6H2,1-4H3,(H,18,19). The van der Waals surface area contributed by atoms with E-state index < -0.39 is 5.97 Å². The Labute approximate surface area is 130 Å². The first-order valence-electron chi connectivity index (χ1n) is 6.56. The van der Waals surface area contributed by atoms with E-state index in [0.29, 0.717) is 4.60 Å². The minimum atomic E-state index is -0.990. The first kappa shape index (κ1) is 14.1. The molecule has 1 N–H and O–H groups in total. The van der Waals surface area contributed by atoms with Crippen molar-refractivity contribution in [2.45, 2.75) is 46.0 Å².